The molecule has 0 unspecified atom stereocenters. The maximum Gasteiger partial charge on any atom is 0.335 e. The van der Waals surface area contributed by atoms with Crippen molar-refractivity contribution in [3.63, 3.8) is 0 Å². The Morgan fingerprint density at radius 1 is 1.17 bits per heavy atom. The lowest BCUT2D eigenvalue weighted by Gasteiger charge is -2.34. The van der Waals surface area contributed by atoms with E-state index >= 15 is 0 Å². The average Bonchev–Trinajstić information content (AvgIpc) is 2.53. The maximum absolute atomic E-state index is 13.2. The summed E-state index contributed by atoms with van der Waals surface area (Å²) in [6.45, 7) is 0.924. The van der Waals surface area contributed by atoms with Crippen LogP contribution >= 0.6 is 0 Å². The predicted molar refractivity (Wildman–Crippen MR) is 79.4 cm³/mol. The number of aromatic carboxylic acids is 1. The molecule has 0 saturated heterocycles. The molecule has 1 aromatic carbocycles. The number of halogens is 2. The number of hydrogen-bond acceptors (Lipinski definition) is 2. The molecule has 1 aliphatic heterocycles. The molecule has 0 spiro atoms. The summed E-state index contributed by atoms with van der Waals surface area (Å²) >= 11 is 0. The van der Waals surface area contributed by atoms with Gasteiger partial charge in [0.05, 0.1) is 5.56 Å². The van der Waals surface area contributed by atoms with E-state index in [1.165, 1.54) is 0 Å². The first kappa shape index (κ1) is 15.9. The molecule has 124 valence electrons. The van der Waals surface area contributed by atoms with Crippen molar-refractivity contribution >= 4 is 11.9 Å². The second kappa shape index (κ2) is 5.91. The van der Waals surface area contributed by atoms with E-state index in [4.69, 9.17) is 5.11 Å². The highest BCUT2D eigenvalue weighted by Gasteiger charge is 2.39. The molecule has 0 bridgehead atoms. The lowest BCUT2D eigenvalue weighted by molar-refractivity contribution is -0.140. The Morgan fingerprint density at radius 2 is 1.87 bits per heavy atom. The number of carbonyl (C=O) groups excluding carboxylic acids is 1. The zero-order valence-corrected chi connectivity index (χ0v) is 12.7. The summed E-state index contributed by atoms with van der Waals surface area (Å²) in [4.78, 5) is 25.3. The Morgan fingerprint density at radius 3 is 2.52 bits per heavy atom. The van der Waals surface area contributed by atoms with Gasteiger partial charge in [-0.15, -0.1) is 0 Å². The van der Waals surface area contributed by atoms with E-state index in [-0.39, 0.29) is 43.1 Å². The fourth-order valence-corrected chi connectivity index (χ4v) is 3.42. The number of carboxylic acid groups (broad SMARTS) is 1. The summed E-state index contributed by atoms with van der Waals surface area (Å²) in [5.41, 5.74) is 2.09. The topological polar surface area (TPSA) is 57.6 Å². The van der Waals surface area contributed by atoms with E-state index in [9.17, 15) is 18.4 Å². The Hall–Kier alpha value is -1.98. The van der Waals surface area contributed by atoms with Gasteiger partial charge in [0.15, 0.2) is 0 Å². The van der Waals surface area contributed by atoms with Gasteiger partial charge in [-0.1, -0.05) is 6.07 Å². The van der Waals surface area contributed by atoms with E-state index in [0.29, 0.717) is 19.5 Å². The fourth-order valence-electron chi connectivity index (χ4n) is 3.42. The highest BCUT2D eigenvalue weighted by molar-refractivity contribution is 5.88. The first-order valence-corrected chi connectivity index (χ1v) is 7.87. The number of carbonyl (C=O) groups is 2. The van der Waals surface area contributed by atoms with E-state index in [0.717, 1.165) is 11.1 Å². The summed E-state index contributed by atoms with van der Waals surface area (Å²) in [5.74, 6) is -4.04. The molecule has 1 saturated carbocycles. The van der Waals surface area contributed by atoms with Gasteiger partial charge in [0.2, 0.25) is 11.8 Å². The van der Waals surface area contributed by atoms with E-state index < -0.39 is 11.9 Å². The number of alkyl halides is 2. The van der Waals surface area contributed by atoms with Crippen molar-refractivity contribution in [1.82, 2.24) is 4.90 Å². The summed E-state index contributed by atoms with van der Waals surface area (Å²) in [6.07, 6.45) is 0.673. The molecule has 1 aliphatic carbocycles. The summed E-state index contributed by atoms with van der Waals surface area (Å²) in [7, 11) is 0. The first-order chi connectivity index (χ1) is 10.9. The van der Waals surface area contributed by atoms with Crippen molar-refractivity contribution in [2.75, 3.05) is 6.54 Å². The first-order valence-electron chi connectivity index (χ1n) is 7.87. The summed E-state index contributed by atoms with van der Waals surface area (Å²) in [6, 6.07) is 4.97. The van der Waals surface area contributed by atoms with Crippen LogP contribution in [-0.4, -0.2) is 34.4 Å². The highest BCUT2D eigenvalue weighted by atomic mass is 19.3. The standard InChI is InChI=1S/C17H19F2NO3/c18-17(19)6-3-12(4-7-17)15(21)20-8-5-11-1-2-13(16(22)23)9-14(11)10-20/h1-2,9,12H,3-8,10H2,(H,22,23). The number of nitrogens with zero attached hydrogens (tertiary/aromatic N) is 1. The van der Waals surface area contributed by atoms with Crippen molar-refractivity contribution in [2.24, 2.45) is 5.92 Å². The Bertz CT molecular complexity index is 635. The average molecular weight is 323 g/mol. The van der Waals surface area contributed by atoms with Crippen LogP contribution in [0.25, 0.3) is 0 Å². The molecule has 6 heteroatoms. The third-order valence-electron chi connectivity index (χ3n) is 4.84. The highest BCUT2D eigenvalue weighted by Crippen LogP contribution is 2.37. The number of carboxylic acids is 1. The van der Waals surface area contributed by atoms with Gasteiger partial charge in [0.25, 0.3) is 0 Å². The van der Waals surface area contributed by atoms with Crippen LogP contribution in [0.5, 0.6) is 0 Å². The monoisotopic (exact) mass is 323 g/mol. The molecule has 3 rings (SSSR count). The van der Waals surface area contributed by atoms with Crippen LogP contribution in [0.15, 0.2) is 18.2 Å². The van der Waals surface area contributed by atoms with Crippen molar-refractivity contribution < 1.29 is 23.5 Å². The molecule has 1 amide bonds. The van der Waals surface area contributed by atoms with Crippen LogP contribution in [0, 0.1) is 5.92 Å². The third-order valence-corrected chi connectivity index (χ3v) is 4.84. The maximum atomic E-state index is 13.2. The second-order valence-corrected chi connectivity index (χ2v) is 6.43. The zero-order valence-electron chi connectivity index (χ0n) is 12.7. The largest absolute Gasteiger partial charge is 0.478 e. The van der Waals surface area contributed by atoms with E-state index in [1.54, 1.807) is 23.1 Å². The predicted octanol–water partition coefficient (Wildman–Crippen LogP) is 3.10. The number of fused-ring (bicyclic) bond motifs is 1. The van der Waals surface area contributed by atoms with Crippen molar-refractivity contribution in [3.05, 3.63) is 34.9 Å². The van der Waals surface area contributed by atoms with Crippen molar-refractivity contribution in [2.45, 2.75) is 44.6 Å². The van der Waals surface area contributed by atoms with Crippen LogP contribution in [0.4, 0.5) is 8.78 Å². The second-order valence-electron chi connectivity index (χ2n) is 6.43. The Labute approximate surface area is 133 Å². The van der Waals surface area contributed by atoms with Gasteiger partial charge in [-0.05, 0) is 42.5 Å². The number of benzene rings is 1. The molecule has 1 heterocycles. The van der Waals surface area contributed by atoms with Crippen LogP contribution in [0.2, 0.25) is 0 Å². The van der Waals surface area contributed by atoms with E-state index in [2.05, 4.69) is 0 Å². The minimum absolute atomic E-state index is 0.0770. The molecule has 1 N–H and O–H groups in total. The van der Waals surface area contributed by atoms with Gasteiger partial charge >= 0.3 is 5.97 Å². The molecule has 1 fully saturated rings. The molecular formula is C17H19F2NO3. The molecule has 0 radical (unpaired) electrons. The third kappa shape index (κ3) is 3.35. The molecule has 4 nitrogen and oxygen atoms in total. The van der Waals surface area contributed by atoms with Crippen LogP contribution in [-0.2, 0) is 17.8 Å². The van der Waals surface area contributed by atoms with Gasteiger partial charge in [0.1, 0.15) is 0 Å². The van der Waals surface area contributed by atoms with Crippen LogP contribution in [0.3, 0.4) is 0 Å². The van der Waals surface area contributed by atoms with Crippen LogP contribution in [0.1, 0.15) is 47.2 Å². The van der Waals surface area contributed by atoms with Gasteiger partial charge in [0, 0.05) is 31.8 Å². The quantitative estimate of drug-likeness (QED) is 0.910. The molecule has 2 aliphatic rings. The SMILES string of the molecule is O=C(O)c1ccc2c(c1)CN(C(=O)C1CCC(F)(F)CC1)CC2. The molecule has 0 aromatic heterocycles. The minimum atomic E-state index is -2.64. The smallest absolute Gasteiger partial charge is 0.335 e. The van der Waals surface area contributed by atoms with E-state index in [1.807, 2.05) is 0 Å². The van der Waals surface area contributed by atoms with Gasteiger partial charge in [-0.25, -0.2) is 13.6 Å². The van der Waals surface area contributed by atoms with Crippen molar-refractivity contribution in [3.8, 4) is 0 Å². The molecular weight excluding hydrogens is 304 g/mol. The fraction of sp³-hybridized carbons (Fsp3) is 0.529. The summed E-state index contributed by atoms with van der Waals surface area (Å²) < 4.78 is 26.4. The Balaban J connectivity index is 1.70. The van der Waals surface area contributed by atoms with Crippen LogP contribution < -0.4 is 0 Å². The molecule has 1 aromatic rings. The lowest BCUT2D eigenvalue weighted by Crippen LogP contribution is -2.42. The number of rotatable bonds is 2. The normalized spacial score (nSPS) is 20.9. The van der Waals surface area contributed by atoms with Gasteiger partial charge in [-0.3, -0.25) is 4.79 Å². The van der Waals surface area contributed by atoms with Crippen molar-refractivity contribution in [1.29, 1.82) is 0 Å². The lowest BCUT2D eigenvalue weighted by atomic mass is 9.85. The van der Waals surface area contributed by atoms with Gasteiger partial charge in [-0.2, -0.15) is 0 Å². The minimum Gasteiger partial charge on any atom is -0.478 e. The molecule has 0 atom stereocenters. The van der Waals surface area contributed by atoms with Gasteiger partial charge < -0.3 is 10.0 Å². The number of hydrogen-bond donors (Lipinski definition) is 1. The zero-order chi connectivity index (χ0) is 16.6. The molecule has 23 heavy (non-hydrogen) atoms. The Kier molecular flexibility index (Phi) is 4.08. The number of amides is 1. The summed E-state index contributed by atoms with van der Waals surface area (Å²) in [5, 5.41) is 9.06.